The topological polar surface area (TPSA) is 51.6 Å². The average molecular weight is 446 g/mol. The van der Waals surface area contributed by atoms with Crippen molar-refractivity contribution in [3.8, 4) is 11.5 Å². The van der Waals surface area contributed by atoms with Gasteiger partial charge >= 0.3 is 0 Å². The zero-order valence-electron chi connectivity index (χ0n) is 19.5. The molecule has 5 heteroatoms. The summed E-state index contributed by atoms with van der Waals surface area (Å²) < 4.78 is 12.0. The van der Waals surface area contributed by atoms with E-state index in [2.05, 4.69) is 29.8 Å². The molecule has 4 heterocycles. The number of para-hydroxylation sites is 1. The molecule has 0 radical (unpaired) electrons. The highest BCUT2D eigenvalue weighted by Gasteiger charge is 2.54. The zero-order valence-corrected chi connectivity index (χ0v) is 19.5. The van der Waals surface area contributed by atoms with Crippen LogP contribution in [0, 0.1) is 11.8 Å². The lowest BCUT2D eigenvalue weighted by molar-refractivity contribution is -0.984. The summed E-state index contributed by atoms with van der Waals surface area (Å²) in [7, 11) is 3.40. The highest BCUT2D eigenvalue weighted by molar-refractivity contribution is 5.83. The number of quaternary nitrogens is 1. The fourth-order valence-electron chi connectivity index (χ4n) is 6.29. The SMILES string of the molecule is C=C[C@H]1C[N+]2(Cc3ccccc3OC)CCC1C[C@H]2[C@H](O)c1ccnc2ccc(OC)cc12. The fourth-order valence-corrected chi connectivity index (χ4v) is 6.29. The second-order valence-electron chi connectivity index (χ2n) is 9.57. The minimum Gasteiger partial charge on any atom is -0.497 e. The van der Waals surface area contributed by atoms with Gasteiger partial charge in [-0.3, -0.25) is 4.98 Å². The summed E-state index contributed by atoms with van der Waals surface area (Å²) in [5, 5.41) is 12.9. The largest absolute Gasteiger partial charge is 0.497 e. The Bertz CT molecular complexity index is 1160. The highest BCUT2D eigenvalue weighted by atomic mass is 16.5. The molecule has 0 saturated carbocycles. The van der Waals surface area contributed by atoms with E-state index in [1.807, 2.05) is 36.4 Å². The van der Waals surface area contributed by atoms with E-state index in [-0.39, 0.29) is 6.04 Å². The molecular formula is C28H33N2O3+. The summed E-state index contributed by atoms with van der Waals surface area (Å²) in [5.74, 6) is 2.74. The van der Waals surface area contributed by atoms with Gasteiger partial charge in [0.1, 0.15) is 30.2 Å². The molecule has 172 valence electrons. The quantitative estimate of drug-likeness (QED) is 0.415. The number of hydrogen-bond acceptors (Lipinski definition) is 4. The van der Waals surface area contributed by atoms with Crippen LogP contribution in [0.4, 0.5) is 0 Å². The third-order valence-corrected chi connectivity index (χ3v) is 8.02. The number of hydrogen-bond donors (Lipinski definition) is 1. The van der Waals surface area contributed by atoms with Crippen molar-refractivity contribution in [3.05, 3.63) is 78.5 Å². The summed E-state index contributed by atoms with van der Waals surface area (Å²) in [5.41, 5.74) is 3.01. The van der Waals surface area contributed by atoms with Crippen LogP contribution in [0.3, 0.4) is 0 Å². The van der Waals surface area contributed by atoms with Crippen LogP contribution in [0.1, 0.15) is 30.1 Å². The predicted octanol–water partition coefficient (Wildman–Crippen LogP) is 4.90. The summed E-state index contributed by atoms with van der Waals surface area (Å²) >= 11 is 0. The Labute approximate surface area is 195 Å². The molecule has 3 fully saturated rings. The van der Waals surface area contributed by atoms with Gasteiger partial charge in [-0.05, 0) is 47.9 Å². The molecular weight excluding hydrogens is 412 g/mol. The lowest BCUT2D eigenvalue weighted by Crippen LogP contribution is -2.67. The number of nitrogens with zero attached hydrogens (tertiary/aromatic N) is 2. The van der Waals surface area contributed by atoms with Crippen LogP contribution < -0.4 is 9.47 Å². The van der Waals surface area contributed by atoms with Gasteiger partial charge in [-0.1, -0.05) is 18.2 Å². The maximum atomic E-state index is 11.9. The van der Waals surface area contributed by atoms with Crippen molar-refractivity contribution >= 4 is 10.9 Å². The number of aromatic nitrogens is 1. The van der Waals surface area contributed by atoms with E-state index in [1.165, 1.54) is 12.0 Å². The first kappa shape index (κ1) is 21.9. The van der Waals surface area contributed by atoms with E-state index in [0.717, 1.165) is 58.5 Å². The van der Waals surface area contributed by atoms with E-state index >= 15 is 0 Å². The lowest BCUT2D eigenvalue weighted by atomic mass is 9.71. The van der Waals surface area contributed by atoms with Gasteiger partial charge in [-0.2, -0.15) is 0 Å². The normalized spacial score (nSPS) is 27.3. The molecule has 3 aliphatic heterocycles. The number of methoxy groups -OCH3 is 2. The van der Waals surface area contributed by atoms with Crippen LogP contribution in [0.15, 0.2) is 67.4 Å². The number of ether oxygens (including phenoxy) is 2. The predicted molar refractivity (Wildman–Crippen MR) is 130 cm³/mol. The first-order valence-corrected chi connectivity index (χ1v) is 11.8. The van der Waals surface area contributed by atoms with E-state index in [9.17, 15) is 5.11 Å². The zero-order chi connectivity index (χ0) is 23.0. The molecule has 2 aromatic carbocycles. The van der Waals surface area contributed by atoms with Gasteiger partial charge < -0.3 is 19.1 Å². The maximum Gasteiger partial charge on any atom is 0.131 e. The number of pyridine rings is 1. The van der Waals surface area contributed by atoms with Gasteiger partial charge in [-0.25, -0.2) is 0 Å². The molecule has 2 unspecified atom stereocenters. The smallest absolute Gasteiger partial charge is 0.131 e. The van der Waals surface area contributed by atoms with Crippen molar-refractivity contribution in [3.63, 3.8) is 0 Å². The van der Waals surface area contributed by atoms with Gasteiger partial charge in [0.05, 0.1) is 32.8 Å². The van der Waals surface area contributed by atoms with Crippen molar-refractivity contribution in [2.24, 2.45) is 11.8 Å². The minimum atomic E-state index is -0.592. The molecule has 1 N–H and O–H groups in total. The molecule has 1 aromatic heterocycles. The summed E-state index contributed by atoms with van der Waals surface area (Å²) in [6.07, 6.45) is 5.50. The molecule has 5 atom stereocenters. The van der Waals surface area contributed by atoms with E-state index in [0.29, 0.717) is 11.8 Å². The summed E-state index contributed by atoms with van der Waals surface area (Å²) in [6.45, 7) is 7.04. The molecule has 5 nitrogen and oxygen atoms in total. The first-order chi connectivity index (χ1) is 16.1. The molecule has 3 aliphatic rings. The Morgan fingerprint density at radius 1 is 1.18 bits per heavy atom. The number of piperidine rings is 3. The molecule has 0 spiro atoms. The molecule has 2 bridgehead atoms. The Morgan fingerprint density at radius 2 is 2.03 bits per heavy atom. The highest BCUT2D eigenvalue weighted by Crippen LogP contribution is 2.48. The minimum absolute atomic E-state index is 0.0988. The van der Waals surface area contributed by atoms with Crippen molar-refractivity contribution in [2.45, 2.75) is 31.5 Å². The average Bonchev–Trinajstić information content (AvgIpc) is 2.87. The number of rotatable bonds is 7. The van der Waals surface area contributed by atoms with Crippen LogP contribution in [0.2, 0.25) is 0 Å². The first-order valence-electron chi connectivity index (χ1n) is 11.8. The van der Waals surface area contributed by atoms with Crippen LogP contribution in [0.25, 0.3) is 10.9 Å². The third kappa shape index (κ3) is 3.79. The second kappa shape index (κ2) is 8.81. The van der Waals surface area contributed by atoms with Gasteiger partial charge in [0, 0.05) is 35.9 Å². The molecule has 33 heavy (non-hydrogen) atoms. The Morgan fingerprint density at radius 3 is 2.82 bits per heavy atom. The van der Waals surface area contributed by atoms with Gasteiger partial charge in [0.2, 0.25) is 0 Å². The number of fused-ring (bicyclic) bond motifs is 4. The number of benzene rings is 2. The van der Waals surface area contributed by atoms with E-state index in [4.69, 9.17) is 9.47 Å². The maximum absolute atomic E-state index is 11.9. The molecule has 3 aromatic rings. The van der Waals surface area contributed by atoms with Crippen LogP contribution >= 0.6 is 0 Å². The second-order valence-corrected chi connectivity index (χ2v) is 9.57. The van der Waals surface area contributed by atoms with Crippen molar-refractivity contribution in [1.82, 2.24) is 4.98 Å². The van der Waals surface area contributed by atoms with E-state index in [1.54, 1.807) is 20.4 Å². The van der Waals surface area contributed by atoms with Gasteiger partial charge in [-0.15, -0.1) is 6.58 Å². The van der Waals surface area contributed by atoms with Gasteiger partial charge in [0.25, 0.3) is 0 Å². The van der Waals surface area contributed by atoms with Crippen molar-refractivity contribution in [2.75, 3.05) is 27.3 Å². The van der Waals surface area contributed by atoms with Crippen LogP contribution in [0.5, 0.6) is 11.5 Å². The Balaban J connectivity index is 1.57. The molecule has 0 amide bonds. The fraction of sp³-hybridized carbons (Fsp3) is 0.393. The molecule has 6 rings (SSSR count). The third-order valence-electron chi connectivity index (χ3n) is 8.02. The number of aliphatic hydroxyl groups is 1. The summed E-state index contributed by atoms with van der Waals surface area (Å²) in [4.78, 5) is 4.52. The molecule has 0 aliphatic carbocycles. The standard InChI is InChI=1S/C28H33N2O3/c1-4-19-17-30(18-21-7-5-6-8-27(21)33-3)14-12-20(19)15-26(30)28(31)23-11-13-29-25-10-9-22(32-2)16-24(23)25/h4-11,13,16,19-20,26,28,31H,1,12,14-15,17-18H2,2-3H3/q+1/t19-,20?,26-,28+,30?/m0/s1. The monoisotopic (exact) mass is 445 g/mol. The van der Waals surface area contributed by atoms with E-state index < -0.39 is 6.10 Å². The Hall–Kier alpha value is -2.89. The summed E-state index contributed by atoms with van der Waals surface area (Å²) in [6, 6.07) is 16.2. The molecule has 3 saturated heterocycles. The van der Waals surface area contributed by atoms with Gasteiger partial charge in [0.15, 0.2) is 0 Å². The van der Waals surface area contributed by atoms with Crippen LogP contribution in [-0.2, 0) is 6.54 Å². The lowest BCUT2D eigenvalue weighted by Gasteiger charge is -2.58. The van der Waals surface area contributed by atoms with Crippen molar-refractivity contribution in [1.29, 1.82) is 0 Å². The number of aliphatic hydroxyl groups excluding tert-OH is 1. The Kier molecular flexibility index (Phi) is 5.85. The van der Waals surface area contributed by atoms with Crippen LogP contribution in [-0.4, -0.2) is 47.9 Å². The van der Waals surface area contributed by atoms with Crippen molar-refractivity contribution < 1.29 is 19.1 Å².